The molecule has 3 heteroatoms. The summed E-state index contributed by atoms with van der Waals surface area (Å²) in [5.41, 5.74) is 4.17. The second kappa shape index (κ2) is 6.01. The standard InChI is InChI=1S/C15H21NO2/c1-2-8-16(11-15(17)18)10-12-6-7-13-4-3-5-14(13)9-12/h6-7,9H,2-5,8,10-11H2,1H3,(H,17,18). The third kappa shape index (κ3) is 3.33. The fourth-order valence-corrected chi connectivity index (χ4v) is 2.70. The summed E-state index contributed by atoms with van der Waals surface area (Å²) >= 11 is 0. The second-order valence-corrected chi connectivity index (χ2v) is 5.06. The van der Waals surface area contributed by atoms with Gasteiger partial charge in [0.15, 0.2) is 0 Å². The van der Waals surface area contributed by atoms with Crippen LogP contribution in [0.1, 0.15) is 36.5 Å². The Morgan fingerprint density at radius 2 is 2.11 bits per heavy atom. The summed E-state index contributed by atoms with van der Waals surface area (Å²) in [4.78, 5) is 12.8. The molecular weight excluding hydrogens is 226 g/mol. The maximum Gasteiger partial charge on any atom is 0.317 e. The minimum Gasteiger partial charge on any atom is -0.480 e. The fraction of sp³-hybridized carbons (Fsp3) is 0.533. The lowest BCUT2D eigenvalue weighted by atomic mass is 10.1. The lowest BCUT2D eigenvalue weighted by Crippen LogP contribution is -2.30. The Labute approximate surface area is 108 Å². The van der Waals surface area contributed by atoms with Crippen molar-refractivity contribution in [1.29, 1.82) is 0 Å². The third-order valence-corrected chi connectivity index (χ3v) is 3.47. The number of carbonyl (C=O) groups is 1. The lowest BCUT2D eigenvalue weighted by molar-refractivity contribution is -0.138. The molecule has 18 heavy (non-hydrogen) atoms. The van der Waals surface area contributed by atoms with Crippen LogP contribution in [0.15, 0.2) is 18.2 Å². The molecule has 0 atom stereocenters. The van der Waals surface area contributed by atoms with E-state index in [1.807, 2.05) is 4.90 Å². The number of rotatable bonds is 6. The Morgan fingerprint density at radius 3 is 2.83 bits per heavy atom. The van der Waals surface area contributed by atoms with Crippen molar-refractivity contribution in [1.82, 2.24) is 4.90 Å². The molecule has 1 aliphatic rings. The quantitative estimate of drug-likeness (QED) is 0.839. The third-order valence-electron chi connectivity index (χ3n) is 3.47. The normalized spacial score (nSPS) is 13.9. The van der Waals surface area contributed by atoms with Gasteiger partial charge in [-0.15, -0.1) is 0 Å². The molecule has 0 spiro atoms. The SMILES string of the molecule is CCCN(CC(=O)O)Cc1ccc2c(c1)CCC2. The van der Waals surface area contributed by atoms with Crippen LogP contribution in [0.2, 0.25) is 0 Å². The van der Waals surface area contributed by atoms with Gasteiger partial charge in [-0.25, -0.2) is 0 Å². The van der Waals surface area contributed by atoms with E-state index in [2.05, 4.69) is 25.1 Å². The van der Waals surface area contributed by atoms with Crippen LogP contribution in [-0.2, 0) is 24.2 Å². The Morgan fingerprint density at radius 1 is 1.33 bits per heavy atom. The van der Waals surface area contributed by atoms with Gasteiger partial charge in [0, 0.05) is 6.54 Å². The van der Waals surface area contributed by atoms with Crippen LogP contribution in [0.3, 0.4) is 0 Å². The van der Waals surface area contributed by atoms with E-state index in [0.29, 0.717) is 0 Å². The molecule has 0 aliphatic heterocycles. The first-order valence-corrected chi connectivity index (χ1v) is 6.74. The highest BCUT2D eigenvalue weighted by molar-refractivity contribution is 5.69. The maximum atomic E-state index is 10.8. The van der Waals surface area contributed by atoms with E-state index >= 15 is 0 Å². The van der Waals surface area contributed by atoms with Gasteiger partial charge in [0.2, 0.25) is 0 Å². The van der Waals surface area contributed by atoms with Gasteiger partial charge < -0.3 is 5.11 Å². The van der Waals surface area contributed by atoms with E-state index in [9.17, 15) is 4.79 Å². The monoisotopic (exact) mass is 247 g/mol. The molecule has 1 N–H and O–H groups in total. The highest BCUT2D eigenvalue weighted by Gasteiger charge is 2.13. The van der Waals surface area contributed by atoms with Crippen molar-refractivity contribution in [2.75, 3.05) is 13.1 Å². The molecule has 0 amide bonds. The van der Waals surface area contributed by atoms with Gasteiger partial charge in [-0.1, -0.05) is 25.1 Å². The summed E-state index contributed by atoms with van der Waals surface area (Å²) in [6.07, 6.45) is 4.62. The van der Waals surface area contributed by atoms with Gasteiger partial charge in [0.25, 0.3) is 0 Å². The predicted molar refractivity (Wildman–Crippen MR) is 71.7 cm³/mol. The molecule has 1 aromatic rings. The van der Waals surface area contributed by atoms with Crippen molar-refractivity contribution >= 4 is 5.97 Å². The summed E-state index contributed by atoms with van der Waals surface area (Å²) in [5.74, 6) is -0.746. The minimum absolute atomic E-state index is 0.130. The van der Waals surface area contributed by atoms with E-state index in [-0.39, 0.29) is 6.54 Å². The number of carboxylic acid groups (broad SMARTS) is 1. The molecule has 2 rings (SSSR count). The van der Waals surface area contributed by atoms with Crippen molar-refractivity contribution in [2.45, 2.75) is 39.2 Å². The summed E-state index contributed by atoms with van der Waals surface area (Å²) in [6, 6.07) is 6.62. The van der Waals surface area contributed by atoms with Crippen LogP contribution in [-0.4, -0.2) is 29.1 Å². The smallest absolute Gasteiger partial charge is 0.317 e. The van der Waals surface area contributed by atoms with Crippen LogP contribution in [0.4, 0.5) is 0 Å². The lowest BCUT2D eigenvalue weighted by Gasteiger charge is -2.19. The largest absolute Gasteiger partial charge is 0.480 e. The minimum atomic E-state index is -0.746. The summed E-state index contributed by atoms with van der Waals surface area (Å²) < 4.78 is 0. The van der Waals surface area contributed by atoms with Crippen molar-refractivity contribution in [3.8, 4) is 0 Å². The number of hydrogen-bond donors (Lipinski definition) is 1. The Bertz CT molecular complexity index is 429. The van der Waals surface area contributed by atoms with E-state index in [1.165, 1.54) is 36.0 Å². The Hall–Kier alpha value is -1.35. The molecule has 0 radical (unpaired) electrons. The molecule has 98 valence electrons. The molecular formula is C15H21NO2. The first-order valence-electron chi connectivity index (χ1n) is 6.74. The topological polar surface area (TPSA) is 40.5 Å². The van der Waals surface area contributed by atoms with Crippen molar-refractivity contribution < 1.29 is 9.90 Å². The molecule has 0 saturated carbocycles. The van der Waals surface area contributed by atoms with E-state index in [4.69, 9.17) is 5.11 Å². The van der Waals surface area contributed by atoms with E-state index < -0.39 is 5.97 Å². The second-order valence-electron chi connectivity index (χ2n) is 5.06. The number of aryl methyl sites for hydroxylation is 2. The average molecular weight is 247 g/mol. The van der Waals surface area contributed by atoms with E-state index in [1.54, 1.807) is 0 Å². The van der Waals surface area contributed by atoms with Crippen LogP contribution >= 0.6 is 0 Å². The molecule has 0 saturated heterocycles. The zero-order chi connectivity index (χ0) is 13.0. The predicted octanol–water partition coefficient (Wildman–Crippen LogP) is 2.47. The first-order chi connectivity index (χ1) is 8.69. The molecule has 0 bridgehead atoms. The number of carboxylic acids is 1. The van der Waals surface area contributed by atoms with Gasteiger partial charge in [-0.3, -0.25) is 9.69 Å². The Kier molecular flexibility index (Phi) is 4.37. The van der Waals surface area contributed by atoms with Crippen LogP contribution in [0, 0.1) is 0 Å². The van der Waals surface area contributed by atoms with Gasteiger partial charge >= 0.3 is 5.97 Å². The fourth-order valence-electron chi connectivity index (χ4n) is 2.70. The number of fused-ring (bicyclic) bond motifs is 1. The molecule has 0 heterocycles. The zero-order valence-electron chi connectivity index (χ0n) is 11.0. The molecule has 0 fully saturated rings. The number of benzene rings is 1. The van der Waals surface area contributed by atoms with Gasteiger partial charge in [-0.2, -0.15) is 0 Å². The average Bonchev–Trinajstić information content (AvgIpc) is 2.75. The number of aliphatic carboxylic acids is 1. The maximum absolute atomic E-state index is 10.8. The molecule has 0 unspecified atom stereocenters. The highest BCUT2D eigenvalue weighted by atomic mass is 16.4. The molecule has 3 nitrogen and oxygen atoms in total. The summed E-state index contributed by atoms with van der Waals surface area (Å²) in [7, 11) is 0. The molecule has 1 aromatic carbocycles. The Balaban J connectivity index is 2.04. The van der Waals surface area contributed by atoms with Crippen LogP contribution in [0.5, 0.6) is 0 Å². The van der Waals surface area contributed by atoms with Gasteiger partial charge in [0.1, 0.15) is 0 Å². The van der Waals surface area contributed by atoms with Gasteiger partial charge in [0.05, 0.1) is 6.54 Å². The highest BCUT2D eigenvalue weighted by Crippen LogP contribution is 2.23. The van der Waals surface area contributed by atoms with Crippen LogP contribution in [0.25, 0.3) is 0 Å². The van der Waals surface area contributed by atoms with Crippen molar-refractivity contribution in [2.24, 2.45) is 0 Å². The zero-order valence-corrected chi connectivity index (χ0v) is 11.0. The van der Waals surface area contributed by atoms with Gasteiger partial charge in [-0.05, 0) is 48.9 Å². The van der Waals surface area contributed by atoms with Crippen molar-refractivity contribution in [3.05, 3.63) is 34.9 Å². The van der Waals surface area contributed by atoms with E-state index in [0.717, 1.165) is 19.5 Å². The summed E-state index contributed by atoms with van der Waals surface area (Å²) in [5, 5.41) is 8.90. The number of hydrogen-bond acceptors (Lipinski definition) is 2. The van der Waals surface area contributed by atoms with Crippen LogP contribution < -0.4 is 0 Å². The first kappa shape index (κ1) is 13.1. The van der Waals surface area contributed by atoms with Crippen molar-refractivity contribution in [3.63, 3.8) is 0 Å². The molecule has 0 aromatic heterocycles. The summed E-state index contributed by atoms with van der Waals surface area (Å²) in [6.45, 7) is 3.79. The molecule has 1 aliphatic carbocycles. The number of nitrogens with zero attached hydrogens (tertiary/aromatic N) is 1.